The number of halogens is 4. The number of piperazine rings is 1. The number of aliphatic hydroxyl groups excluding tert-OH is 2. The van der Waals surface area contributed by atoms with Crippen LogP contribution in [-0.4, -0.2) is 78.8 Å². The monoisotopic (exact) mass is 499 g/mol. The van der Waals surface area contributed by atoms with Gasteiger partial charge < -0.3 is 25.2 Å². The van der Waals surface area contributed by atoms with Crippen molar-refractivity contribution in [1.82, 2.24) is 10.2 Å². The van der Waals surface area contributed by atoms with Gasteiger partial charge >= 0.3 is 6.18 Å². The van der Waals surface area contributed by atoms with Crippen molar-refractivity contribution in [2.75, 3.05) is 44.2 Å². The molecule has 4 atom stereocenters. The van der Waals surface area contributed by atoms with Gasteiger partial charge in [0.25, 0.3) is 0 Å². The largest absolute Gasteiger partial charge is 0.416 e. The van der Waals surface area contributed by atoms with Crippen LogP contribution in [0.1, 0.15) is 11.1 Å². The lowest BCUT2D eigenvalue weighted by atomic mass is 10.0. The Morgan fingerprint density at radius 1 is 1.03 bits per heavy atom. The van der Waals surface area contributed by atoms with E-state index in [4.69, 9.17) is 16.3 Å². The van der Waals surface area contributed by atoms with Crippen LogP contribution in [0.5, 0.6) is 0 Å². The maximum atomic E-state index is 13.1. The van der Waals surface area contributed by atoms with E-state index in [0.29, 0.717) is 50.0 Å². The summed E-state index contributed by atoms with van der Waals surface area (Å²) >= 11 is 6.04. The first kappa shape index (κ1) is 25.2. The van der Waals surface area contributed by atoms with Crippen molar-refractivity contribution >= 4 is 17.3 Å². The van der Waals surface area contributed by atoms with Crippen LogP contribution in [0.4, 0.5) is 18.9 Å². The Labute approximate surface area is 201 Å². The van der Waals surface area contributed by atoms with Gasteiger partial charge in [-0.2, -0.15) is 13.2 Å². The Morgan fingerprint density at radius 3 is 2.44 bits per heavy atom. The summed E-state index contributed by atoms with van der Waals surface area (Å²) in [6.07, 6.45) is -6.26. The van der Waals surface area contributed by atoms with Crippen LogP contribution in [0.15, 0.2) is 48.5 Å². The summed E-state index contributed by atoms with van der Waals surface area (Å²) in [5.74, 6) is 0. The number of nitrogens with one attached hydrogen (secondary N) is 1. The molecule has 0 saturated carbocycles. The number of alkyl halides is 3. The number of benzene rings is 2. The van der Waals surface area contributed by atoms with Crippen LogP contribution in [0.2, 0.25) is 5.02 Å². The quantitative estimate of drug-likeness (QED) is 0.544. The molecule has 0 spiro atoms. The molecule has 2 aliphatic rings. The van der Waals surface area contributed by atoms with Crippen molar-refractivity contribution in [3.63, 3.8) is 0 Å². The SMILES string of the molecule is OC[C@@H]1O[C@@H](CNCc2cccc(Cl)c2)[C@H](N2CCN(c3cccc(C(F)(F)F)c3)CC2)[C@@H]1O. The molecule has 0 amide bonds. The molecule has 186 valence electrons. The van der Waals surface area contributed by atoms with Crippen molar-refractivity contribution in [1.29, 1.82) is 0 Å². The van der Waals surface area contributed by atoms with E-state index >= 15 is 0 Å². The molecule has 10 heteroatoms. The first-order valence-electron chi connectivity index (χ1n) is 11.3. The van der Waals surface area contributed by atoms with E-state index in [2.05, 4.69) is 10.2 Å². The molecule has 0 aliphatic carbocycles. The number of anilines is 1. The van der Waals surface area contributed by atoms with E-state index in [1.165, 1.54) is 12.1 Å². The van der Waals surface area contributed by atoms with Crippen LogP contribution in [0, 0.1) is 0 Å². The van der Waals surface area contributed by atoms with Gasteiger partial charge in [-0.1, -0.05) is 29.8 Å². The van der Waals surface area contributed by atoms with E-state index in [1.807, 2.05) is 29.2 Å². The number of ether oxygens (including phenoxy) is 1. The molecule has 2 aromatic carbocycles. The Kier molecular flexibility index (Phi) is 8.01. The van der Waals surface area contributed by atoms with Crippen molar-refractivity contribution in [2.24, 2.45) is 0 Å². The zero-order valence-electron chi connectivity index (χ0n) is 18.6. The zero-order chi connectivity index (χ0) is 24.3. The third-order valence-electron chi connectivity index (χ3n) is 6.48. The number of rotatable bonds is 7. The summed E-state index contributed by atoms with van der Waals surface area (Å²) in [5.41, 5.74) is 0.894. The molecule has 2 heterocycles. The second-order valence-electron chi connectivity index (χ2n) is 8.71. The lowest BCUT2D eigenvalue weighted by Crippen LogP contribution is -2.57. The van der Waals surface area contributed by atoms with E-state index < -0.39 is 23.9 Å². The van der Waals surface area contributed by atoms with Gasteiger partial charge in [-0.3, -0.25) is 4.90 Å². The summed E-state index contributed by atoms with van der Waals surface area (Å²) in [4.78, 5) is 4.03. The second kappa shape index (κ2) is 10.8. The first-order chi connectivity index (χ1) is 16.3. The summed E-state index contributed by atoms with van der Waals surface area (Å²) in [5, 5.41) is 24.5. The van der Waals surface area contributed by atoms with E-state index in [9.17, 15) is 23.4 Å². The highest BCUT2D eigenvalue weighted by Crippen LogP contribution is 2.32. The van der Waals surface area contributed by atoms with Crippen molar-refractivity contribution in [3.8, 4) is 0 Å². The Morgan fingerprint density at radius 2 is 1.76 bits per heavy atom. The van der Waals surface area contributed by atoms with Gasteiger partial charge in [0.1, 0.15) is 12.2 Å². The standard InChI is InChI=1S/C24H29ClF3N3O3/c25-18-5-1-3-16(11-18)13-29-14-20-22(23(33)21(15-32)34-20)31-9-7-30(8-10-31)19-6-2-4-17(12-19)24(26,27)28/h1-6,11-12,20-23,29,32-33H,7-10,13-15H2/t20-,21-,22-,23+/m0/s1. The Balaban J connectivity index is 1.37. The molecular formula is C24H29ClF3N3O3. The van der Waals surface area contributed by atoms with Gasteiger partial charge in [-0.05, 0) is 35.9 Å². The maximum Gasteiger partial charge on any atom is 0.416 e. The minimum absolute atomic E-state index is 0.285. The van der Waals surface area contributed by atoms with E-state index in [0.717, 1.165) is 11.6 Å². The molecule has 0 bridgehead atoms. The van der Waals surface area contributed by atoms with Crippen LogP contribution in [0.3, 0.4) is 0 Å². The molecule has 0 aromatic heterocycles. The second-order valence-corrected chi connectivity index (χ2v) is 9.15. The molecule has 2 fully saturated rings. The summed E-state index contributed by atoms with van der Waals surface area (Å²) in [6.45, 7) is 2.93. The molecule has 2 aliphatic heterocycles. The fraction of sp³-hybridized carbons (Fsp3) is 0.500. The molecule has 0 radical (unpaired) electrons. The van der Waals surface area contributed by atoms with Gasteiger partial charge in [-0.15, -0.1) is 0 Å². The van der Waals surface area contributed by atoms with Crippen LogP contribution < -0.4 is 10.2 Å². The fourth-order valence-corrected chi connectivity index (χ4v) is 4.97. The van der Waals surface area contributed by atoms with Crippen molar-refractivity contribution in [3.05, 3.63) is 64.7 Å². The van der Waals surface area contributed by atoms with Crippen molar-refractivity contribution < 1.29 is 28.1 Å². The lowest BCUT2D eigenvalue weighted by Gasteiger charge is -2.41. The number of aliphatic hydroxyl groups is 2. The normalized spacial score (nSPS) is 26.2. The predicted molar refractivity (Wildman–Crippen MR) is 124 cm³/mol. The third kappa shape index (κ3) is 5.84. The average Bonchev–Trinajstić information content (AvgIpc) is 3.14. The molecule has 6 nitrogen and oxygen atoms in total. The van der Waals surface area contributed by atoms with Gasteiger partial charge in [0, 0.05) is 50.0 Å². The van der Waals surface area contributed by atoms with Gasteiger partial charge in [-0.25, -0.2) is 0 Å². The molecule has 2 saturated heterocycles. The summed E-state index contributed by atoms with van der Waals surface area (Å²) in [7, 11) is 0. The predicted octanol–water partition coefficient (Wildman–Crippen LogP) is 2.76. The fourth-order valence-electron chi connectivity index (χ4n) is 4.76. The summed E-state index contributed by atoms with van der Waals surface area (Å²) < 4.78 is 45.2. The highest BCUT2D eigenvalue weighted by atomic mass is 35.5. The van der Waals surface area contributed by atoms with Gasteiger partial charge in [0.2, 0.25) is 0 Å². The molecule has 0 unspecified atom stereocenters. The average molecular weight is 500 g/mol. The minimum Gasteiger partial charge on any atom is -0.394 e. The topological polar surface area (TPSA) is 68.2 Å². The molecule has 34 heavy (non-hydrogen) atoms. The summed E-state index contributed by atoms with van der Waals surface area (Å²) in [6, 6.07) is 12.5. The highest BCUT2D eigenvalue weighted by Gasteiger charge is 2.46. The third-order valence-corrected chi connectivity index (χ3v) is 6.71. The highest BCUT2D eigenvalue weighted by molar-refractivity contribution is 6.30. The van der Waals surface area contributed by atoms with Gasteiger partial charge in [0.05, 0.1) is 24.3 Å². The number of hydrogen-bond acceptors (Lipinski definition) is 6. The number of hydrogen-bond donors (Lipinski definition) is 3. The first-order valence-corrected chi connectivity index (χ1v) is 11.7. The molecule has 2 aromatic rings. The van der Waals surface area contributed by atoms with E-state index in [-0.39, 0.29) is 18.8 Å². The zero-order valence-corrected chi connectivity index (χ0v) is 19.3. The lowest BCUT2D eigenvalue weighted by molar-refractivity contribution is -0.137. The molecule has 4 rings (SSSR count). The van der Waals surface area contributed by atoms with Crippen molar-refractivity contribution in [2.45, 2.75) is 37.1 Å². The molecule has 3 N–H and O–H groups in total. The Bertz CT molecular complexity index is 956. The maximum absolute atomic E-state index is 13.1. The van der Waals surface area contributed by atoms with E-state index in [1.54, 1.807) is 6.07 Å². The number of nitrogens with zero attached hydrogens (tertiary/aromatic N) is 2. The smallest absolute Gasteiger partial charge is 0.394 e. The molecular weight excluding hydrogens is 471 g/mol. The van der Waals surface area contributed by atoms with Gasteiger partial charge in [0.15, 0.2) is 0 Å². The van der Waals surface area contributed by atoms with Crippen LogP contribution in [0.25, 0.3) is 0 Å². The Hall–Kier alpha value is -1.88. The van der Waals surface area contributed by atoms with Crippen LogP contribution >= 0.6 is 11.6 Å². The minimum atomic E-state index is -4.38. The van der Waals surface area contributed by atoms with Crippen LogP contribution in [-0.2, 0) is 17.5 Å².